The third kappa shape index (κ3) is 3.90. The number of aliphatic hydroxyl groups excluding tert-OH is 1. The molecule has 2 nitrogen and oxygen atoms in total. The van der Waals surface area contributed by atoms with Gasteiger partial charge in [0.1, 0.15) is 5.82 Å². The molecule has 3 aromatic rings. The van der Waals surface area contributed by atoms with Crippen LogP contribution in [0.4, 0.5) is 4.39 Å². The highest BCUT2D eigenvalue weighted by molar-refractivity contribution is 5.85. The van der Waals surface area contributed by atoms with Crippen LogP contribution in [0.2, 0.25) is 0 Å². The number of hydrogen-bond acceptors (Lipinski definition) is 2. The summed E-state index contributed by atoms with van der Waals surface area (Å²) < 4.78 is 14.2. The first-order chi connectivity index (χ1) is 13.2. The van der Waals surface area contributed by atoms with Crippen molar-refractivity contribution in [3.05, 3.63) is 83.7 Å². The van der Waals surface area contributed by atoms with Gasteiger partial charge >= 0.3 is 0 Å². The first-order valence-electron chi connectivity index (χ1n) is 9.72. The summed E-state index contributed by atoms with van der Waals surface area (Å²) >= 11 is 0. The smallest absolute Gasteiger partial charge is 0.126 e. The van der Waals surface area contributed by atoms with Gasteiger partial charge in [0, 0.05) is 18.5 Å². The van der Waals surface area contributed by atoms with Gasteiger partial charge in [-0.25, -0.2) is 4.39 Å². The Morgan fingerprint density at radius 2 is 1.67 bits per heavy atom. The van der Waals surface area contributed by atoms with Gasteiger partial charge < -0.3 is 5.11 Å². The molecular weight excluding hydrogens is 337 g/mol. The van der Waals surface area contributed by atoms with Crippen LogP contribution >= 0.6 is 0 Å². The highest BCUT2D eigenvalue weighted by Crippen LogP contribution is 2.35. The van der Waals surface area contributed by atoms with Crippen LogP contribution in [0.3, 0.4) is 0 Å². The lowest BCUT2D eigenvalue weighted by Gasteiger charge is -2.42. The molecule has 27 heavy (non-hydrogen) atoms. The van der Waals surface area contributed by atoms with E-state index in [1.54, 1.807) is 6.07 Å². The lowest BCUT2D eigenvalue weighted by Crippen LogP contribution is -2.46. The van der Waals surface area contributed by atoms with E-state index in [0.717, 1.165) is 32.5 Å². The number of benzene rings is 3. The summed E-state index contributed by atoms with van der Waals surface area (Å²) in [4.78, 5) is 2.42. The van der Waals surface area contributed by atoms with Crippen molar-refractivity contribution >= 4 is 10.8 Å². The highest BCUT2D eigenvalue weighted by Gasteiger charge is 2.35. The molecule has 1 aliphatic rings. The molecule has 1 heterocycles. The number of piperidine rings is 1. The van der Waals surface area contributed by atoms with Crippen molar-refractivity contribution in [2.75, 3.05) is 19.7 Å². The maximum absolute atomic E-state index is 14.2. The SMILES string of the molecule is OC[C@]1(Cc2ccccc2F)CCCN(Cc2cccc3ccccc23)C1. The highest BCUT2D eigenvalue weighted by atomic mass is 19.1. The molecular formula is C24H26FNO. The number of halogens is 1. The zero-order chi connectivity index (χ0) is 18.7. The molecule has 0 spiro atoms. The van der Waals surface area contributed by atoms with Crippen molar-refractivity contribution in [3.8, 4) is 0 Å². The summed E-state index contributed by atoms with van der Waals surface area (Å²) in [6.07, 6.45) is 2.55. The quantitative estimate of drug-likeness (QED) is 0.704. The van der Waals surface area contributed by atoms with Crippen molar-refractivity contribution < 1.29 is 9.50 Å². The fourth-order valence-corrected chi connectivity index (χ4v) is 4.49. The molecule has 1 aliphatic heterocycles. The van der Waals surface area contributed by atoms with Gasteiger partial charge in [0.15, 0.2) is 0 Å². The molecule has 1 atom stereocenters. The normalized spacial score (nSPS) is 20.8. The molecule has 0 bridgehead atoms. The molecule has 1 fully saturated rings. The predicted octanol–water partition coefficient (Wildman–Crippen LogP) is 4.80. The van der Waals surface area contributed by atoms with E-state index in [9.17, 15) is 9.50 Å². The van der Waals surface area contributed by atoms with Gasteiger partial charge in [-0.15, -0.1) is 0 Å². The summed E-state index contributed by atoms with van der Waals surface area (Å²) in [6, 6.07) is 21.9. The van der Waals surface area contributed by atoms with Crippen LogP contribution in [0.5, 0.6) is 0 Å². The molecule has 0 aromatic heterocycles. The lowest BCUT2D eigenvalue weighted by molar-refractivity contribution is 0.0284. The molecule has 1 saturated heterocycles. The summed E-state index contributed by atoms with van der Waals surface area (Å²) in [5.41, 5.74) is 1.75. The van der Waals surface area contributed by atoms with Gasteiger partial charge in [0.25, 0.3) is 0 Å². The zero-order valence-electron chi connectivity index (χ0n) is 15.6. The lowest BCUT2D eigenvalue weighted by atomic mass is 9.75. The van der Waals surface area contributed by atoms with Gasteiger partial charge in [-0.05, 0) is 53.8 Å². The van der Waals surface area contributed by atoms with Gasteiger partial charge in [-0.3, -0.25) is 4.90 Å². The minimum Gasteiger partial charge on any atom is -0.396 e. The number of aliphatic hydroxyl groups is 1. The Hall–Kier alpha value is -2.23. The minimum absolute atomic E-state index is 0.0906. The number of rotatable bonds is 5. The van der Waals surface area contributed by atoms with Crippen LogP contribution in [-0.4, -0.2) is 29.7 Å². The van der Waals surface area contributed by atoms with Crippen LogP contribution < -0.4 is 0 Å². The summed E-state index contributed by atoms with van der Waals surface area (Å²) in [6.45, 7) is 2.76. The monoisotopic (exact) mass is 363 g/mol. The second-order valence-corrected chi connectivity index (χ2v) is 7.88. The van der Waals surface area contributed by atoms with E-state index in [-0.39, 0.29) is 17.8 Å². The van der Waals surface area contributed by atoms with Crippen LogP contribution in [0.15, 0.2) is 66.7 Å². The van der Waals surface area contributed by atoms with Crippen molar-refractivity contribution in [3.63, 3.8) is 0 Å². The topological polar surface area (TPSA) is 23.5 Å². The second-order valence-electron chi connectivity index (χ2n) is 7.88. The van der Waals surface area contributed by atoms with E-state index in [4.69, 9.17) is 0 Å². The Morgan fingerprint density at radius 1 is 0.926 bits per heavy atom. The molecule has 3 aromatic carbocycles. The molecule has 140 valence electrons. The fourth-order valence-electron chi connectivity index (χ4n) is 4.49. The average molecular weight is 363 g/mol. The summed E-state index contributed by atoms with van der Waals surface area (Å²) in [5.74, 6) is -0.170. The van der Waals surface area contributed by atoms with Crippen molar-refractivity contribution in [1.29, 1.82) is 0 Å². The molecule has 0 unspecified atom stereocenters. The predicted molar refractivity (Wildman–Crippen MR) is 108 cm³/mol. The largest absolute Gasteiger partial charge is 0.396 e. The number of nitrogens with zero attached hydrogens (tertiary/aromatic N) is 1. The van der Waals surface area contributed by atoms with Gasteiger partial charge in [0.2, 0.25) is 0 Å². The molecule has 0 amide bonds. The third-order valence-electron chi connectivity index (χ3n) is 5.87. The second kappa shape index (κ2) is 7.79. The molecule has 1 N–H and O–H groups in total. The summed E-state index contributed by atoms with van der Waals surface area (Å²) in [5, 5.41) is 12.7. The van der Waals surface area contributed by atoms with Crippen molar-refractivity contribution in [2.45, 2.75) is 25.8 Å². The van der Waals surface area contributed by atoms with Crippen LogP contribution in [0, 0.1) is 11.2 Å². The van der Waals surface area contributed by atoms with Gasteiger partial charge in [-0.1, -0.05) is 60.7 Å². The van der Waals surface area contributed by atoms with Crippen LogP contribution in [0.1, 0.15) is 24.0 Å². The Balaban J connectivity index is 1.55. The zero-order valence-corrected chi connectivity index (χ0v) is 15.6. The van der Waals surface area contributed by atoms with E-state index in [2.05, 4.69) is 47.4 Å². The number of fused-ring (bicyclic) bond motifs is 1. The van der Waals surface area contributed by atoms with Crippen LogP contribution in [-0.2, 0) is 13.0 Å². The van der Waals surface area contributed by atoms with E-state index in [1.165, 1.54) is 22.4 Å². The number of likely N-dealkylation sites (tertiary alicyclic amines) is 1. The Labute approximate surface area is 160 Å². The maximum Gasteiger partial charge on any atom is 0.126 e. The van der Waals surface area contributed by atoms with E-state index in [0.29, 0.717) is 12.0 Å². The van der Waals surface area contributed by atoms with Gasteiger partial charge in [0.05, 0.1) is 6.61 Å². The van der Waals surface area contributed by atoms with E-state index >= 15 is 0 Å². The van der Waals surface area contributed by atoms with E-state index < -0.39 is 0 Å². The molecule has 0 saturated carbocycles. The van der Waals surface area contributed by atoms with Gasteiger partial charge in [-0.2, -0.15) is 0 Å². The Kier molecular flexibility index (Phi) is 5.24. The van der Waals surface area contributed by atoms with E-state index in [1.807, 2.05) is 12.1 Å². The standard InChI is InChI=1S/C24H26FNO/c25-23-12-4-2-8-20(23)15-24(18-27)13-6-14-26(17-24)16-21-10-5-9-19-7-1-3-11-22(19)21/h1-5,7-12,27H,6,13-18H2/t24-/m0/s1. The Morgan fingerprint density at radius 3 is 2.52 bits per heavy atom. The summed E-state index contributed by atoms with van der Waals surface area (Å²) in [7, 11) is 0. The average Bonchev–Trinajstić information content (AvgIpc) is 2.70. The fraction of sp³-hybridized carbons (Fsp3) is 0.333. The first-order valence-corrected chi connectivity index (χ1v) is 9.72. The van der Waals surface area contributed by atoms with Crippen molar-refractivity contribution in [1.82, 2.24) is 4.90 Å². The molecule has 0 radical (unpaired) electrons. The Bertz CT molecular complexity index is 920. The first kappa shape index (κ1) is 18.1. The minimum atomic E-state index is -0.273. The van der Waals surface area contributed by atoms with Crippen molar-refractivity contribution in [2.24, 2.45) is 5.41 Å². The molecule has 0 aliphatic carbocycles. The molecule has 4 rings (SSSR count). The number of hydrogen-bond donors (Lipinski definition) is 1. The molecule has 3 heteroatoms. The van der Waals surface area contributed by atoms with Crippen LogP contribution in [0.25, 0.3) is 10.8 Å². The third-order valence-corrected chi connectivity index (χ3v) is 5.87. The maximum atomic E-state index is 14.2.